The summed E-state index contributed by atoms with van der Waals surface area (Å²) in [5.74, 6) is -0.0789. The van der Waals surface area contributed by atoms with E-state index in [2.05, 4.69) is 21.2 Å². The predicted molar refractivity (Wildman–Crippen MR) is 59.5 cm³/mol. The van der Waals surface area contributed by atoms with Crippen LogP contribution in [0.5, 0.6) is 0 Å². The number of hydrogen-bond acceptors (Lipinski definition) is 2. The maximum atomic E-state index is 11.3. The zero-order chi connectivity index (χ0) is 10.6. The molecule has 0 saturated carbocycles. The molecule has 0 rings (SSSR count). The van der Waals surface area contributed by atoms with Crippen LogP contribution in [0.15, 0.2) is 0 Å². The fraction of sp³-hybridized carbons (Fsp3) is 0.875. The fourth-order valence-corrected chi connectivity index (χ4v) is 1.02. The Morgan fingerprint density at radius 1 is 1.62 bits per heavy atom. The molecule has 0 aromatic carbocycles. The van der Waals surface area contributed by atoms with Gasteiger partial charge in [-0.2, -0.15) is 0 Å². The monoisotopic (exact) mass is 269 g/mol. The van der Waals surface area contributed by atoms with Crippen molar-refractivity contribution in [3.8, 4) is 0 Å². The second-order valence-electron chi connectivity index (χ2n) is 3.49. The van der Waals surface area contributed by atoms with E-state index in [1.54, 1.807) is 20.1 Å². The fourth-order valence-electron chi connectivity index (χ4n) is 0.564. The lowest BCUT2D eigenvalue weighted by Crippen LogP contribution is -2.41. The first-order valence-electron chi connectivity index (χ1n) is 4.04. The normalized spacial score (nSPS) is 16.4. The van der Waals surface area contributed by atoms with Crippen molar-refractivity contribution >= 4 is 32.6 Å². The molecule has 0 aliphatic heterocycles. The molecule has 0 saturated heterocycles. The SMILES string of the molecule is CC(CNC(=O)C(C)(C)Br)S(C)=O. The quantitative estimate of drug-likeness (QED) is 0.776. The van der Waals surface area contributed by atoms with Crippen LogP contribution in [0.2, 0.25) is 0 Å². The highest BCUT2D eigenvalue weighted by Crippen LogP contribution is 2.15. The van der Waals surface area contributed by atoms with E-state index in [1.165, 1.54) is 0 Å². The third kappa shape index (κ3) is 5.41. The average molecular weight is 270 g/mol. The third-order valence-electron chi connectivity index (χ3n) is 1.66. The Balaban J connectivity index is 3.91. The number of amides is 1. The highest BCUT2D eigenvalue weighted by Gasteiger charge is 2.23. The van der Waals surface area contributed by atoms with Crippen LogP contribution in [0, 0.1) is 0 Å². The van der Waals surface area contributed by atoms with Gasteiger partial charge < -0.3 is 5.32 Å². The van der Waals surface area contributed by atoms with E-state index in [9.17, 15) is 9.00 Å². The van der Waals surface area contributed by atoms with E-state index in [1.807, 2.05) is 6.92 Å². The molecule has 78 valence electrons. The molecule has 0 bridgehead atoms. The lowest BCUT2D eigenvalue weighted by Gasteiger charge is -2.17. The lowest BCUT2D eigenvalue weighted by molar-refractivity contribution is -0.122. The van der Waals surface area contributed by atoms with Crippen molar-refractivity contribution in [3.05, 3.63) is 0 Å². The molecule has 5 heteroatoms. The summed E-state index contributed by atoms with van der Waals surface area (Å²) >= 11 is 3.24. The van der Waals surface area contributed by atoms with Crippen LogP contribution in [-0.2, 0) is 15.6 Å². The van der Waals surface area contributed by atoms with Gasteiger partial charge in [0.2, 0.25) is 5.91 Å². The van der Waals surface area contributed by atoms with Gasteiger partial charge in [-0.05, 0) is 20.8 Å². The summed E-state index contributed by atoms with van der Waals surface area (Å²) in [5.41, 5.74) is 0. The molecular formula is C8H16BrNO2S. The number of rotatable bonds is 4. The molecule has 1 N–H and O–H groups in total. The first-order chi connectivity index (χ1) is 5.75. The molecule has 0 radical (unpaired) electrons. The van der Waals surface area contributed by atoms with Crippen LogP contribution < -0.4 is 5.32 Å². The van der Waals surface area contributed by atoms with E-state index in [4.69, 9.17) is 0 Å². The third-order valence-corrected chi connectivity index (χ3v) is 3.32. The van der Waals surface area contributed by atoms with Crippen molar-refractivity contribution in [1.29, 1.82) is 0 Å². The Kier molecular flexibility index (Phi) is 5.14. The first kappa shape index (κ1) is 13.1. The van der Waals surface area contributed by atoms with Gasteiger partial charge in [-0.3, -0.25) is 9.00 Å². The molecule has 0 heterocycles. The minimum atomic E-state index is -0.884. The minimum Gasteiger partial charge on any atom is -0.354 e. The zero-order valence-corrected chi connectivity index (χ0v) is 10.8. The van der Waals surface area contributed by atoms with E-state index in [0.717, 1.165) is 0 Å². The Labute approximate surface area is 90.2 Å². The Morgan fingerprint density at radius 2 is 2.08 bits per heavy atom. The highest BCUT2D eigenvalue weighted by atomic mass is 79.9. The largest absolute Gasteiger partial charge is 0.354 e. The van der Waals surface area contributed by atoms with Gasteiger partial charge in [-0.15, -0.1) is 0 Å². The van der Waals surface area contributed by atoms with Crippen molar-refractivity contribution < 1.29 is 9.00 Å². The van der Waals surface area contributed by atoms with Crippen molar-refractivity contribution in [2.75, 3.05) is 12.8 Å². The van der Waals surface area contributed by atoms with Gasteiger partial charge in [0, 0.05) is 28.9 Å². The van der Waals surface area contributed by atoms with Crippen LogP contribution >= 0.6 is 15.9 Å². The summed E-state index contributed by atoms with van der Waals surface area (Å²) in [4.78, 5) is 11.3. The Bertz CT molecular complexity index is 213. The predicted octanol–water partition coefficient (Wildman–Crippen LogP) is 1.04. The van der Waals surface area contributed by atoms with Crippen molar-refractivity contribution in [2.45, 2.75) is 30.3 Å². The van der Waals surface area contributed by atoms with Gasteiger partial charge in [-0.1, -0.05) is 15.9 Å². The first-order valence-corrected chi connectivity index (χ1v) is 6.46. The molecule has 0 aromatic heterocycles. The van der Waals surface area contributed by atoms with Crippen LogP contribution in [0.1, 0.15) is 20.8 Å². The zero-order valence-electron chi connectivity index (χ0n) is 8.39. The number of carbonyl (C=O) groups is 1. The molecule has 13 heavy (non-hydrogen) atoms. The number of halogens is 1. The lowest BCUT2D eigenvalue weighted by atomic mass is 10.2. The number of nitrogens with one attached hydrogen (secondary N) is 1. The molecular weight excluding hydrogens is 254 g/mol. The topological polar surface area (TPSA) is 46.2 Å². The summed E-state index contributed by atoms with van der Waals surface area (Å²) < 4.78 is 10.4. The molecule has 0 fully saturated rings. The Morgan fingerprint density at radius 3 is 2.38 bits per heavy atom. The van der Waals surface area contributed by atoms with Gasteiger partial charge >= 0.3 is 0 Å². The summed E-state index contributed by atoms with van der Waals surface area (Å²) in [6.45, 7) is 5.85. The maximum absolute atomic E-state index is 11.3. The van der Waals surface area contributed by atoms with Gasteiger partial charge in [0.25, 0.3) is 0 Å². The summed E-state index contributed by atoms with van der Waals surface area (Å²) in [6.07, 6.45) is 1.64. The van der Waals surface area contributed by atoms with E-state index < -0.39 is 15.1 Å². The van der Waals surface area contributed by atoms with Crippen LogP contribution in [0.3, 0.4) is 0 Å². The van der Waals surface area contributed by atoms with Crippen LogP contribution in [-0.4, -0.2) is 32.5 Å². The molecule has 0 spiro atoms. The van der Waals surface area contributed by atoms with E-state index in [-0.39, 0.29) is 11.2 Å². The smallest absolute Gasteiger partial charge is 0.236 e. The Hall–Kier alpha value is 0.1000. The van der Waals surface area contributed by atoms with Crippen LogP contribution in [0.4, 0.5) is 0 Å². The van der Waals surface area contributed by atoms with Crippen molar-refractivity contribution in [2.24, 2.45) is 0 Å². The van der Waals surface area contributed by atoms with E-state index >= 15 is 0 Å². The van der Waals surface area contributed by atoms with Gasteiger partial charge in [-0.25, -0.2) is 0 Å². The molecule has 2 unspecified atom stereocenters. The van der Waals surface area contributed by atoms with E-state index in [0.29, 0.717) is 6.54 Å². The van der Waals surface area contributed by atoms with Gasteiger partial charge in [0.1, 0.15) is 0 Å². The summed E-state index contributed by atoms with van der Waals surface area (Å²) in [7, 11) is -0.884. The van der Waals surface area contributed by atoms with Gasteiger partial charge in [0.05, 0.1) is 4.32 Å². The van der Waals surface area contributed by atoms with Crippen LogP contribution in [0.25, 0.3) is 0 Å². The highest BCUT2D eigenvalue weighted by molar-refractivity contribution is 9.10. The molecule has 0 aliphatic rings. The summed E-state index contributed by atoms with van der Waals surface area (Å²) in [5, 5.41) is 2.72. The van der Waals surface area contributed by atoms with Gasteiger partial charge in [0.15, 0.2) is 0 Å². The molecule has 0 aliphatic carbocycles. The molecule has 2 atom stereocenters. The number of alkyl halides is 1. The second kappa shape index (κ2) is 5.10. The molecule has 3 nitrogen and oxygen atoms in total. The minimum absolute atomic E-state index is 0.00111. The van der Waals surface area contributed by atoms with Crippen molar-refractivity contribution in [1.82, 2.24) is 5.32 Å². The summed E-state index contributed by atoms with van der Waals surface area (Å²) in [6, 6.07) is 0. The standard InChI is InChI=1S/C8H16BrNO2S/c1-6(13(4)12)5-10-7(11)8(2,3)9/h6H,5H2,1-4H3,(H,10,11). The number of carbonyl (C=O) groups excluding carboxylic acids is 1. The molecule has 1 amide bonds. The number of hydrogen-bond donors (Lipinski definition) is 1. The average Bonchev–Trinajstić information content (AvgIpc) is 1.97. The van der Waals surface area contributed by atoms with Crippen molar-refractivity contribution in [3.63, 3.8) is 0 Å². The second-order valence-corrected chi connectivity index (χ2v) is 7.28. The molecule has 0 aromatic rings. The maximum Gasteiger partial charge on any atom is 0.236 e.